The Balaban J connectivity index is 1.61. The summed E-state index contributed by atoms with van der Waals surface area (Å²) in [5, 5.41) is 0.881. The average molecular weight is 446 g/mol. The van der Waals surface area contributed by atoms with Gasteiger partial charge in [0.2, 0.25) is 11.8 Å². The van der Waals surface area contributed by atoms with Crippen molar-refractivity contribution in [3.63, 3.8) is 0 Å². The maximum Gasteiger partial charge on any atom is 0.274 e. The minimum atomic E-state index is -1.27. The first-order chi connectivity index (χ1) is 15.9. The van der Waals surface area contributed by atoms with Crippen molar-refractivity contribution in [2.24, 2.45) is 0 Å². The number of hydrazine groups is 1. The highest BCUT2D eigenvalue weighted by atomic mass is 19.1. The molecule has 1 aromatic heterocycles. The number of imide groups is 1. The van der Waals surface area contributed by atoms with E-state index >= 15 is 0 Å². The van der Waals surface area contributed by atoms with E-state index in [9.17, 15) is 23.6 Å². The van der Waals surface area contributed by atoms with Crippen LogP contribution in [0.2, 0.25) is 0 Å². The van der Waals surface area contributed by atoms with E-state index in [0.717, 1.165) is 22.0 Å². The van der Waals surface area contributed by atoms with Gasteiger partial charge in [-0.1, -0.05) is 30.3 Å². The van der Waals surface area contributed by atoms with Crippen molar-refractivity contribution in [2.75, 3.05) is 4.90 Å². The zero-order valence-corrected chi connectivity index (χ0v) is 17.3. The molecular formula is C24H19FN4O4. The lowest BCUT2D eigenvalue weighted by atomic mass is 10.1. The van der Waals surface area contributed by atoms with Crippen molar-refractivity contribution < 1.29 is 23.6 Å². The number of carbonyl (C=O) groups excluding carboxylic acids is 4. The third-order valence-electron chi connectivity index (χ3n) is 5.10. The summed E-state index contributed by atoms with van der Waals surface area (Å²) in [7, 11) is 0. The number of halogens is 1. The summed E-state index contributed by atoms with van der Waals surface area (Å²) in [4.78, 5) is 56.6. The molecule has 2 heterocycles. The van der Waals surface area contributed by atoms with E-state index in [-0.39, 0.29) is 24.1 Å². The van der Waals surface area contributed by atoms with E-state index in [2.05, 4.69) is 10.4 Å². The van der Waals surface area contributed by atoms with E-state index < -0.39 is 35.5 Å². The Morgan fingerprint density at radius 1 is 1.03 bits per heavy atom. The van der Waals surface area contributed by atoms with Gasteiger partial charge in [0.15, 0.2) is 0 Å². The molecule has 1 saturated heterocycles. The monoisotopic (exact) mass is 446 g/mol. The van der Waals surface area contributed by atoms with Gasteiger partial charge in [0, 0.05) is 12.4 Å². The Labute approximate surface area is 188 Å². The molecule has 1 atom stereocenters. The molecule has 0 spiro atoms. The number of rotatable bonds is 5. The second-order valence-electron chi connectivity index (χ2n) is 7.38. The van der Waals surface area contributed by atoms with E-state index in [0.29, 0.717) is 5.56 Å². The van der Waals surface area contributed by atoms with Crippen LogP contribution in [0.15, 0.2) is 79.1 Å². The van der Waals surface area contributed by atoms with Crippen LogP contribution < -0.4 is 10.3 Å². The predicted molar refractivity (Wildman–Crippen MR) is 116 cm³/mol. The molecule has 166 valence electrons. The zero-order chi connectivity index (χ0) is 23.4. The number of pyridine rings is 1. The fourth-order valence-corrected chi connectivity index (χ4v) is 3.53. The van der Waals surface area contributed by atoms with Gasteiger partial charge in [0.05, 0.1) is 24.1 Å². The third-order valence-corrected chi connectivity index (χ3v) is 5.10. The minimum Gasteiger partial charge on any atom is -0.274 e. The van der Waals surface area contributed by atoms with Crippen LogP contribution in [0.25, 0.3) is 0 Å². The summed E-state index contributed by atoms with van der Waals surface area (Å²) in [5.41, 5.74) is 3.52. The maximum atomic E-state index is 13.3. The topological polar surface area (TPSA) is 99.7 Å². The molecule has 33 heavy (non-hydrogen) atoms. The molecule has 1 aliphatic rings. The molecule has 4 amide bonds. The lowest BCUT2D eigenvalue weighted by Crippen LogP contribution is -2.55. The van der Waals surface area contributed by atoms with Crippen molar-refractivity contribution in [1.82, 2.24) is 15.4 Å². The van der Waals surface area contributed by atoms with Crippen molar-refractivity contribution in [2.45, 2.75) is 18.9 Å². The number of nitrogens with one attached hydrogen (secondary N) is 1. The van der Waals surface area contributed by atoms with E-state index in [1.807, 2.05) is 6.07 Å². The number of hydrogen-bond acceptors (Lipinski definition) is 5. The number of amides is 4. The van der Waals surface area contributed by atoms with Crippen LogP contribution in [0.3, 0.4) is 0 Å². The van der Waals surface area contributed by atoms with Gasteiger partial charge < -0.3 is 0 Å². The Kier molecular flexibility index (Phi) is 6.21. The number of hydrogen-bond donors (Lipinski definition) is 1. The van der Waals surface area contributed by atoms with Gasteiger partial charge in [0.25, 0.3) is 11.8 Å². The molecule has 0 bridgehead atoms. The molecule has 3 aromatic rings. The fraction of sp³-hybridized carbons (Fsp3) is 0.125. The maximum absolute atomic E-state index is 13.3. The van der Waals surface area contributed by atoms with Gasteiger partial charge in [-0.25, -0.2) is 14.3 Å². The van der Waals surface area contributed by atoms with E-state index in [1.165, 1.54) is 30.6 Å². The zero-order valence-electron chi connectivity index (χ0n) is 17.3. The van der Waals surface area contributed by atoms with Crippen molar-refractivity contribution in [1.29, 1.82) is 0 Å². The molecule has 1 aliphatic heterocycles. The molecule has 1 N–H and O–H groups in total. The van der Waals surface area contributed by atoms with Crippen molar-refractivity contribution in [3.8, 4) is 0 Å². The van der Waals surface area contributed by atoms with Gasteiger partial charge in [-0.2, -0.15) is 0 Å². The van der Waals surface area contributed by atoms with E-state index in [1.54, 1.807) is 30.3 Å². The van der Waals surface area contributed by atoms with Crippen LogP contribution in [0, 0.1) is 5.82 Å². The van der Waals surface area contributed by atoms with Crippen molar-refractivity contribution in [3.05, 3.63) is 96.1 Å². The summed E-state index contributed by atoms with van der Waals surface area (Å²) in [6.07, 6.45) is 2.41. The Bertz CT molecular complexity index is 1190. The van der Waals surface area contributed by atoms with Crippen LogP contribution >= 0.6 is 0 Å². The predicted octanol–water partition coefficient (Wildman–Crippen LogP) is 2.27. The summed E-state index contributed by atoms with van der Waals surface area (Å²) >= 11 is 0. The quantitative estimate of drug-likeness (QED) is 0.479. The largest absolute Gasteiger partial charge is 0.274 e. The lowest BCUT2D eigenvalue weighted by molar-refractivity contribution is -0.128. The summed E-state index contributed by atoms with van der Waals surface area (Å²) in [5.74, 6) is -3.01. The molecule has 0 aliphatic carbocycles. The molecule has 8 nitrogen and oxygen atoms in total. The summed E-state index contributed by atoms with van der Waals surface area (Å²) < 4.78 is 13.3. The number of nitrogens with zero attached hydrogens (tertiary/aromatic N) is 3. The van der Waals surface area contributed by atoms with Crippen molar-refractivity contribution >= 4 is 29.3 Å². The molecule has 1 unspecified atom stereocenters. The fourth-order valence-electron chi connectivity index (χ4n) is 3.53. The van der Waals surface area contributed by atoms with Gasteiger partial charge >= 0.3 is 0 Å². The second kappa shape index (κ2) is 9.39. The first-order valence-corrected chi connectivity index (χ1v) is 10.1. The second-order valence-corrected chi connectivity index (χ2v) is 7.38. The van der Waals surface area contributed by atoms with Crippen LogP contribution in [-0.2, 0) is 20.8 Å². The Hall–Kier alpha value is -4.40. The van der Waals surface area contributed by atoms with Crippen LogP contribution in [0.1, 0.15) is 22.3 Å². The highest BCUT2D eigenvalue weighted by molar-refractivity contribution is 6.23. The number of benzene rings is 2. The Morgan fingerprint density at radius 2 is 1.76 bits per heavy atom. The smallest absolute Gasteiger partial charge is 0.274 e. The van der Waals surface area contributed by atoms with Crippen LogP contribution in [0.5, 0.6) is 0 Å². The number of anilines is 1. The summed E-state index contributed by atoms with van der Waals surface area (Å²) in [6, 6.07) is 15.5. The van der Waals surface area contributed by atoms with Gasteiger partial charge in [0.1, 0.15) is 11.9 Å². The first-order valence-electron chi connectivity index (χ1n) is 10.1. The molecular weight excluding hydrogens is 427 g/mol. The molecule has 9 heteroatoms. The molecule has 2 aromatic carbocycles. The number of aromatic nitrogens is 1. The standard InChI is InChI=1S/C24H19FN4O4/c25-18-8-10-19(11-9-18)28-22(31)14-20(24(28)33)29(23(32)17-7-4-12-26-15-17)27-21(30)13-16-5-2-1-3-6-16/h1-12,15,20H,13-14H2,(H,27,30). The van der Waals surface area contributed by atoms with E-state index in [4.69, 9.17) is 0 Å². The van der Waals surface area contributed by atoms with Gasteiger partial charge in [-0.15, -0.1) is 0 Å². The molecule has 4 rings (SSSR count). The van der Waals surface area contributed by atoms with Gasteiger partial charge in [-0.3, -0.25) is 29.6 Å². The van der Waals surface area contributed by atoms with Crippen LogP contribution in [0.4, 0.5) is 10.1 Å². The number of carbonyl (C=O) groups is 4. The molecule has 0 saturated carbocycles. The lowest BCUT2D eigenvalue weighted by Gasteiger charge is -2.28. The Morgan fingerprint density at radius 3 is 2.42 bits per heavy atom. The minimum absolute atomic E-state index is 0.0335. The molecule has 1 fully saturated rings. The van der Waals surface area contributed by atoms with Gasteiger partial charge in [-0.05, 0) is 42.0 Å². The normalized spacial score (nSPS) is 15.4. The first kappa shape index (κ1) is 21.8. The molecule has 0 radical (unpaired) electrons. The SMILES string of the molecule is O=C(Cc1ccccc1)NN(C(=O)c1cccnc1)C1CC(=O)N(c2ccc(F)cc2)C1=O. The highest BCUT2D eigenvalue weighted by Gasteiger charge is 2.45. The third kappa shape index (κ3) is 4.77. The average Bonchev–Trinajstić information content (AvgIpc) is 3.12. The van der Waals surface area contributed by atoms with Crippen LogP contribution in [-0.4, -0.2) is 39.7 Å². The summed E-state index contributed by atoms with van der Waals surface area (Å²) in [6.45, 7) is 0. The highest BCUT2D eigenvalue weighted by Crippen LogP contribution is 2.26.